The fourth-order valence-electron chi connectivity index (χ4n) is 1.34. The number of likely N-dealkylation sites (N-methyl/N-ethyl adjacent to an activating group) is 1. The van der Waals surface area contributed by atoms with Crippen LogP contribution in [-0.4, -0.2) is 42.9 Å². The number of benzene rings is 1. The van der Waals surface area contributed by atoms with Gasteiger partial charge in [0.05, 0.1) is 4.92 Å². The molecule has 0 spiro atoms. The highest BCUT2D eigenvalue weighted by atomic mass is 16.6. The first kappa shape index (κ1) is 13.9. The van der Waals surface area contributed by atoms with Gasteiger partial charge in [-0.1, -0.05) is 0 Å². The molecule has 0 aliphatic heterocycles. The van der Waals surface area contributed by atoms with Gasteiger partial charge in [-0.15, -0.1) is 0 Å². The number of nitrogens with zero attached hydrogens (tertiary/aromatic N) is 2. The SMILES string of the molecule is CN(C)CCNC(=O)c1ccc(N)c([N+](=O)[O-])c1. The Kier molecular flexibility index (Phi) is 4.61. The number of nitro benzene ring substituents is 1. The normalized spacial score (nSPS) is 10.4. The largest absolute Gasteiger partial charge is 0.393 e. The van der Waals surface area contributed by atoms with Crippen molar-refractivity contribution < 1.29 is 9.72 Å². The first-order valence-corrected chi connectivity index (χ1v) is 5.38. The van der Waals surface area contributed by atoms with Crippen LogP contribution in [0.15, 0.2) is 18.2 Å². The first-order valence-electron chi connectivity index (χ1n) is 5.38. The van der Waals surface area contributed by atoms with Crippen molar-refractivity contribution in [2.75, 3.05) is 32.9 Å². The molecule has 0 aliphatic rings. The van der Waals surface area contributed by atoms with Gasteiger partial charge in [0.1, 0.15) is 5.69 Å². The Hall–Kier alpha value is -2.15. The zero-order valence-corrected chi connectivity index (χ0v) is 10.3. The van der Waals surface area contributed by atoms with E-state index in [-0.39, 0.29) is 22.8 Å². The van der Waals surface area contributed by atoms with Gasteiger partial charge in [0, 0.05) is 24.7 Å². The predicted octanol–water partition coefficient (Wildman–Crippen LogP) is 0.468. The minimum atomic E-state index is -0.605. The summed E-state index contributed by atoms with van der Waals surface area (Å²) in [7, 11) is 3.78. The van der Waals surface area contributed by atoms with Crippen LogP contribution in [0.25, 0.3) is 0 Å². The molecule has 0 saturated carbocycles. The molecule has 98 valence electrons. The summed E-state index contributed by atoms with van der Waals surface area (Å²) in [6.45, 7) is 1.17. The fourth-order valence-corrected chi connectivity index (χ4v) is 1.34. The van der Waals surface area contributed by atoms with Crippen LogP contribution < -0.4 is 11.1 Å². The van der Waals surface area contributed by atoms with Crippen LogP contribution in [0.2, 0.25) is 0 Å². The van der Waals surface area contributed by atoms with Gasteiger partial charge in [0.25, 0.3) is 11.6 Å². The fraction of sp³-hybridized carbons (Fsp3) is 0.364. The molecule has 1 rings (SSSR count). The maximum atomic E-state index is 11.7. The van der Waals surface area contributed by atoms with E-state index < -0.39 is 4.92 Å². The summed E-state index contributed by atoms with van der Waals surface area (Å²) in [5.74, 6) is -0.347. The summed E-state index contributed by atoms with van der Waals surface area (Å²) in [5.41, 5.74) is 5.47. The lowest BCUT2D eigenvalue weighted by molar-refractivity contribution is -0.383. The van der Waals surface area contributed by atoms with Crippen molar-refractivity contribution in [1.82, 2.24) is 10.2 Å². The van der Waals surface area contributed by atoms with Gasteiger partial charge in [0.2, 0.25) is 0 Å². The molecule has 0 aromatic heterocycles. The molecule has 7 heteroatoms. The van der Waals surface area contributed by atoms with E-state index >= 15 is 0 Å². The zero-order valence-electron chi connectivity index (χ0n) is 10.3. The van der Waals surface area contributed by atoms with Crippen LogP contribution >= 0.6 is 0 Å². The van der Waals surface area contributed by atoms with Crippen molar-refractivity contribution in [1.29, 1.82) is 0 Å². The molecule has 0 saturated heterocycles. The van der Waals surface area contributed by atoms with E-state index in [0.29, 0.717) is 13.1 Å². The third kappa shape index (κ3) is 3.70. The lowest BCUT2D eigenvalue weighted by Crippen LogP contribution is -2.31. The molecule has 1 amide bonds. The van der Waals surface area contributed by atoms with Gasteiger partial charge in [-0.3, -0.25) is 14.9 Å². The molecule has 0 fully saturated rings. The van der Waals surface area contributed by atoms with Gasteiger partial charge in [-0.25, -0.2) is 0 Å². The van der Waals surface area contributed by atoms with Crippen LogP contribution in [0.5, 0.6) is 0 Å². The van der Waals surface area contributed by atoms with Gasteiger partial charge in [0.15, 0.2) is 0 Å². The van der Waals surface area contributed by atoms with E-state index in [1.54, 1.807) is 0 Å². The third-order valence-electron chi connectivity index (χ3n) is 2.33. The number of carbonyl (C=O) groups excluding carboxylic acids is 1. The average Bonchev–Trinajstić information content (AvgIpc) is 2.28. The van der Waals surface area contributed by atoms with Crippen LogP contribution in [0.1, 0.15) is 10.4 Å². The number of nitro groups is 1. The molecule has 0 radical (unpaired) electrons. The lowest BCUT2D eigenvalue weighted by Gasteiger charge is -2.10. The molecule has 0 heterocycles. The Balaban J connectivity index is 2.74. The van der Waals surface area contributed by atoms with E-state index in [1.165, 1.54) is 18.2 Å². The summed E-state index contributed by atoms with van der Waals surface area (Å²) in [5, 5.41) is 13.4. The van der Waals surface area contributed by atoms with E-state index in [1.807, 2.05) is 19.0 Å². The molecular formula is C11H16N4O3. The maximum absolute atomic E-state index is 11.7. The van der Waals surface area contributed by atoms with Gasteiger partial charge < -0.3 is 16.0 Å². The number of nitrogens with one attached hydrogen (secondary N) is 1. The molecule has 0 atom stereocenters. The standard InChI is InChI=1S/C11H16N4O3/c1-14(2)6-5-13-11(16)8-3-4-9(12)10(7-8)15(17)18/h3-4,7H,5-6,12H2,1-2H3,(H,13,16). The number of nitrogens with two attached hydrogens (primary N) is 1. The number of anilines is 1. The second-order valence-electron chi connectivity index (χ2n) is 4.09. The Morgan fingerprint density at radius 2 is 2.17 bits per heavy atom. The quantitative estimate of drug-likeness (QED) is 0.450. The van der Waals surface area contributed by atoms with E-state index in [4.69, 9.17) is 5.73 Å². The van der Waals surface area contributed by atoms with Gasteiger partial charge in [-0.05, 0) is 26.2 Å². The summed E-state index contributed by atoms with van der Waals surface area (Å²) >= 11 is 0. The third-order valence-corrected chi connectivity index (χ3v) is 2.33. The van der Waals surface area contributed by atoms with Crippen molar-refractivity contribution in [2.24, 2.45) is 0 Å². The smallest absolute Gasteiger partial charge is 0.292 e. The van der Waals surface area contributed by atoms with Crippen LogP contribution in [-0.2, 0) is 0 Å². The summed E-state index contributed by atoms with van der Waals surface area (Å²) < 4.78 is 0. The number of nitrogen functional groups attached to an aromatic ring is 1. The molecule has 1 aromatic carbocycles. The number of rotatable bonds is 5. The monoisotopic (exact) mass is 252 g/mol. The zero-order chi connectivity index (χ0) is 13.7. The van der Waals surface area contributed by atoms with E-state index in [9.17, 15) is 14.9 Å². The predicted molar refractivity (Wildman–Crippen MR) is 68.4 cm³/mol. The number of hydrogen-bond acceptors (Lipinski definition) is 5. The first-order chi connectivity index (χ1) is 8.41. The summed E-state index contributed by atoms with van der Waals surface area (Å²) in [6.07, 6.45) is 0. The molecule has 18 heavy (non-hydrogen) atoms. The number of amides is 1. The molecular weight excluding hydrogens is 236 g/mol. The number of carbonyl (C=O) groups is 1. The Bertz CT molecular complexity index is 460. The average molecular weight is 252 g/mol. The minimum Gasteiger partial charge on any atom is -0.393 e. The lowest BCUT2D eigenvalue weighted by atomic mass is 10.1. The molecule has 7 nitrogen and oxygen atoms in total. The molecule has 0 bridgehead atoms. The van der Waals surface area contributed by atoms with Crippen molar-refractivity contribution in [3.8, 4) is 0 Å². The number of hydrogen-bond donors (Lipinski definition) is 2. The van der Waals surface area contributed by atoms with Crippen molar-refractivity contribution in [3.05, 3.63) is 33.9 Å². The molecule has 0 unspecified atom stereocenters. The Morgan fingerprint density at radius 3 is 2.72 bits per heavy atom. The van der Waals surface area contributed by atoms with Gasteiger partial charge >= 0.3 is 0 Å². The van der Waals surface area contributed by atoms with E-state index in [2.05, 4.69) is 5.32 Å². The van der Waals surface area contributed by atoms with Gasteiger partial charge in [-0.2, -0.15) is 0 Å². The Morgan fingerprint density at radius 1 is 1.50 bits per heavy atom. The van der Waals surface area contributed by atoms with E-state index in [0.717, 1.165) is 0 Å². The maximum Gasteiger partial charge on any atom is 0.292 e. The van der Waals surface area contributed by atoms with Crippen molar-refractivity contribution in [2.45, 2.75) is 0 Å². The van der Waals surface area contributed by atoms with Crippen LogP contribution in [0.3, 0.4) is 0 Å². The second-order valence-corrected chi connectivity index (χ2v) is 4.09. The molecule has 1 aromatic rings. The van der Waals surface area contributed by atoms with Crippen LogP contribution in [0, 0.1) is 10.1 Å². The van der Waals surface area contributed by atoms with Crippen LogP contribution in [0.4, 0.5) is 11.4 Å². The molecule has 0 aliphatic carbocycles. The highest BCUT2D eigenvalue weighted by Crippen LogP contribution is 2.22. The Labute approximate surface area is 105 Å². The topological polar surface area (TPSA) is 102 Å². The highest BCUT2D eigenvalue weighted by molar-refractivity contribution is 5.95. The van der Waals surface area contributed by atoms with Crippen molar-refractivity contribution >= 4 is 17.3 Å². The summed E-state index contributed by atoms with van der Waals surface area (Å²) in [4.78, 5) is 23.7. The molecule has 3 N–H and O–H groups in total. The second kappa shape index (κ2) is 5.97. The highest BCUT2D eigenvalue weighted by Gasteiger charge is 2.15. The minimum absolute atomic E-state index is 0.0461. The summed E-state index contributed by atoms with van der Waals surface area (Å²) in [6, 6.07) is 4.01. The van der Waals surface area contributed by atoms with Crippen molar-refractivity contribution in [3.63, 3.8) is 0 Å².